The second-order valence-electron chi connectivity index (χ2n) is 6.61. The van der Waals surface area contributed by atoms with Crippen molar-refractivity contribution >= 4 is 18.8 Å². The molecule has 0 unspecified atom stereocenters. The highest BCUT2D eigenvalue weighted by atomic mass is 28.3. The Morgan fingerprint density at radius 3 is 2.18 bits per heavy atom. The lowest BCUT2D eigenvalue weighted by molar-refractivity contribution is 1.60. The maximum Gasteiger partial charge on any atom is 0.129 e. The summed E-state index contributed by atoms with van der Waals surface area (Å²) in [6.07, 6.45) is 0. The Morgan fingerprint density at radius 2 is 1.41 bits per heavy atom. The summed E-state index contributed by atoms with van der Waals surface area (Å²) in [5, 5.41) is 2.55. The maximum atomic E-state index is 3.47. The van der Waals surface area contributed by atoms with E-state index in [1.807, 2.05) is 0 Å². The molecule has 22 heavy (non-hydrogen) atoms. The number of rotatable bonds is 1. The van der Waals surface area contributed by atoms with Crippen LogP contribution in [-0.4, -0.2) is 8.07 Å². The topological polar surface area (TPSA) is 0 Å². The Kier molecular flexibility index (Phi) is 3.87. The molecule has 3 rings (SSSR count). The molecule has 0 bridgehead atoms. The van der Waals surface area contributed by atoms with Gasteiger partial charge in [0, 0.05) is 5.56 Å². The highest BCUT2D eigenvalue weighted by Crippen LogP contribution is 2.27. The molecule has 0 saturated heterocycles. The minimum atomic E-state index is -1.37. The minimum Gasteiger partial charge on any atom is -0.127 e. The molecule has 108 valence electrons. The average Bonchev–Trinajstić information content (AvgIpc) is 2.52. The minimum absolute atomic E-state index is 1.13. The summed E-state index contributed by atoms with van der Waals surface area (Å²) in [5.74, 6) is 3.41. The molecule has 0 aromatic heterocycles. The Balaban J connectivity index is 2.12. The lowest BCUT2D eigenvalue weighted by atomic mass is 9.97. The quantitative estimate of drug-likeness (QED) is 0.397. The van der Waals surface area contributed by atoms with E-state index in [9.17, 15) is 0 Å². The second kappa shape index (κ2) is 5.83. The Bertz CT molecular complexity index is 873. The van der Waals surface area contributed by atoms with E-state index in [4.69, 9.17) is 0 Å². The summed E-state index contributed by atoms with van der Waals surface area (Å²) in [6.45, 7) is 6.83. The highest BCUT2D eigenvalue weighted by molar-refractivity contribution is 6.83. The fourth-order valence-electron chi connectivity index (χ4n) is 2.46. The number of fused-ring (bicyclic) bond motifs is 1. The molecule has 0 aliphatic carbocycles. The third-order valence-corrected chi connectivity index (χ3v) is 4.43. The monoisotopic (exact) mass is 300 g/mol. The highest BCUT2D eigenvalue weighted by Gasteiger charge is 2.09. The summed E-state index contributed by atoms with van der Waals surface area (Å²) in [4.78, 5) is 0. The van der Waals surface area contributed by atoms with Crippen LogP contribution in [0.3, 0.4) is 0 Å². The van der Waals surface area contributed by atoms with Crippen molar-refractivity contribution in [3.63, 3.8) is 0 Å². The van der Waals surface area contributed by atoms with Gasteiger partial charge in [0.1, 0.15) is 8.07 Å². The molecule has 0 spiro atoms. The second-order valence-corrected chi connectivity index (χ2v) is 11.4. The molecule has 0 atom stereocenters. The average molecular weight is 300 g/mol. The van der Waals surface area contributed by atoms with Crippen molar-refractivity contribution in [1.29, 1.82) is 0 Å². The van der Waals surface area contributed by atoms with Gasteiger partial charge in [-0.2, -0.15) is 0 Å². The Labute approximate surface area is 133 Å². The molecule has 0 nitrogen and oxygen atoms in total. The van der Waals surface area contributed by atoms with Crippen molar-refractivity contribution in [1.82, 2.24) is 0 Å². The van der Waals surface area contributed by atoms with E-state index in [1.165, 1.54) is 21.9 Å². The first kappa shape index (κ1) is 14.6. The van der Waals surface area contributed by atoms with Crippen LogP contribution in [0.15, 0.2) is 66.7 Å². The molecule has 0 radical (unpaired) electrons. The molecule has 0 heterocycles. The molecule has 0 amide bonds. The molecule has 0 aliphatic rings. The van der Waals surface area contributed by atoms with E-state index in [0.717, 1.165) is 5.56 Å². The molecular weight excluding hydrogens is 280 g/mol. The fourth-order valence-corrected chi connectivity index (χ4v) is 2.97. The van der Waals surface area contributed by atoms with Crippen LogP contribution in [0.25, 0.3) is 21.9 Å². The van der Waals surface area contributed by atoms with E-state index in [1.54, 1.807) is 0 Å². The first-order valence-electron chi connectivity index (χ1n) is 7.64. The van der Waals surface area contributed by atoms with Crippen molar-refractivity contribution in [3.05, 3.63) is 72.3 Å². The lowest BCUT2D eigenvalue weighted by Gasteiger charge is -2.08. The normalized spacial score (nSPS) is 11.0. The van der Waals surface area contributed by atoms with E-state index < -0.39 is 8.07 Å². The Hall–Kier alpha value is -2.30. The van der Waals surface area contributed by atoms with Gasteiger partial charge in [0.15, 0.2) is 0 Å². The predicted molar refractivity (Wildman–Crippen MR) is 99.6 cm³/mol. The summed E-state index contributed by atoms with van der Waals surface area (Å²) in [5.41, 5.74) is 7.06. The maximum absolute atomic E-state index is 3.47. The van der Waals surface area contributed by atoms with Gasteiger partial charge in [-0.25, -0.2) is 0 Å². The zero-order chi connectivity index (χ0) is 15.6. The standard InChI is InChI=1S/C21H20Si/c1-22(2,3)15-14-18-9-6-7-11-21(18)20-13-12-17-8-4-5-10-19(17)16-20/h4-13,16H,1-3H3. The van der Waals surface area contributed by atoms with Crippen LogP contribution in [0.5, 0.6) is 0 Å². The third-order valence-electron chi connectivity index (χ3n) is 3.56. The summed E-state index contributed by atoms with van der Waals surface area (Å²) < 4.78 is 0. The van der Waals surface area contributed by atoms with E-state index in [0.29, 0.717) is 0 Å². The largest absolute Gasteiger partial charge is 0.129 e. The van der Waals surface area contributed by atoms with E-state index in [2.05, 4.69) is 97.8 Å². The van der Waals surface area contributed by atoms with Gasteiger partial charge in [0.2, 0.25) is 0 Å². The van der Waals surface area contributed by atoms with Crippen LogP contribution < -0.4 is 0 Å². The van der Waals surface area contributed by atoms with Gasteiger partial charge in [-0.3, -0.25) is 0 Å². The van der Waals surface area contributed by atoms with Crippen LogP contribution in [0.2, 0.25) is 19.6 Å². The van der Waals surface area contributed by atoms with Gasteiger partial charge >= 0.3 is 0 Å². The van der Waals surface area contributed by atoms with Crippen molar-refractivity contribution in [3.8, 4) is 22.6 Å². The van der Waals surface area contributed by atoms with Gasteiger partial charge in [-0.1, -0.05) is 80.2 Å². The zero-order valence-corrected chi connectivity index (χ0v) is 14.4. The molecule has 1 heteroatoms. The lowest BCUT2D eigenvalue weighted by Crippen LogP contribution is -2.16. The predicted octanol–water partition coefficient (Wildman–Crippen LogP) is 5.74. The fraction of sp³-hybridized carbons (Fsp3) is 0.143. The molecule has 0 saturated carbocycles. The first-order valence-corrected chi connectivity index (χ1v) is 11.1. The number of hydrogen-bond acceptors (Lipinski definition) is 0. The smallest absolute Gasteiger partial charge is 0.127 e. The van der Waals surface area contributed by atoms with Crippen LogP contribution in [0, 0.1) is 11.5 Å². The molecule has 3 aromatic rings. The first-order chi connectivity index (χ1) is 10.5. The summed E-state index contributed by atoms with van der Waals surface area (Å²) >= 11 is 0. The van der Waals surface area contributed by atoms with Crippen molar-refractivity contribution in [2.24, 2.45) is 0 Å². The van der Waals surface area contributed by atoms with Gasteiger partial charge in [0.05, 0.1) is 0 Å². The van der Waals surface area contributed by atoms with E-state index in [-0.39, 0.29) is 0 Å². The van der Waals surface area contributed by atoms with Crippen LogP contribution in [0.1, 0.15) is 5.56 Å². The molecule has 3 aromatic carbocycles. The van der Waals surface area contributed by atoms with Gasteiger partial charge in [-0.05, 0) is 34.0 Å². The zero-order valence-electron chi connectivity index (χ0n) is 13.4. The molecule has 0 fully saturated rings. The number of hydrogen-bond donors (Lipinski definition) is 0. The molecule has 0 N–H and O–H groups in total. The van der Waals surface area contributed by atoms with Crippen LogP contribution in [0.4, 0.5) is 0 Å². The third kappa shape index (κ3) is 3.29. The van der Waals surface area contributed by atoms with Gasteiger partial charge < -0.3 is 0 Å². The van der Waals surface area contributed by atoms with Crippen molar-refractivity contribution in [2.75, 3.05) is 0 Å². The Morgan fingerprint density at radius 1 is 0.727 bits per heavy atom. The van der Waals surface area contributed by atoms with Gasteiger partial charge in [0.25, 0.3) is 0 Å². The number of benzene rings is 3. The molecule has 0 aliphatic heterocycles. The molecular formula is C21H20Si. The summed E-state index contributed by atoms with van der Waals surface area (Å²) in [7, 11) is -1.37. The van der Waals surface area contributed by atoms with Crippen LogP contribution in [-0.2, 0) is 0 Å². The van der Waals surface area contributed by atoms with Gasteiger partial charge in [-0.15, -0.1) is 5.54 Å². The van der Waals surface area contributed by atoms with Crippen LogP contribution >= 0.6 is 0 Å². The van der Waals surface area contributed by atoms with E-state index >= 15 is 0 Å². The SMILES string of the molecule is C[Si](C)(C)C#Cc1ccccc1-c1ccc2ccccc2c1. The van der Waals surface area contributed by atoms with Crippen molar-refractivity contribution in [2.45, 2.75) is 19.6 Å². The van der Waals surface area contributed by atoms with Crippen molar-refractivity contribution < 1.29 is 0 Å². The summed E-state index contributed by atoms with van der Waals surface area (Å²) in [6, 6.07) is 23.6.